The van der Waals surface area contributed by atoms with Gasteiger partial charge in [0.2, 0.25) is 0 Å². The number of pyridine rings is 1. The van der Waals surface area contributed by atoms with Crippen LogP contribution in [0.2, 0.25) is 0 Å². The standard InChI is InChI=1S/C21H25N3OS/c25-20(24-21-9-14-6-15(10-21)8-16(7-14)11-21)23-12-17-2-1-4-22-19(17)18-3-5-26-13-18/h1-5,13-16H,6-12H2,(H2,23,24,25). The fourth-order valence-electron chi connectivity index (χ4n) is 5.96. The number of thiophene rings is 1. The number of hydrogen-bond donors (Lipinski definition) is 2. The van der Waals surface area contributed by atoms with E-state index in [2.05, 4.69) is 32.4 Å². The number of nitrogens with one attached hydrogen (secondary N) is 2. The molecule has 4 saturated carbocycles. The molecule has 0 atom stereocenters. The first-order chi connectivity index (χ1) is 12.7. The number of nitrogens with zero attached hydrogens (tertiary/aromatic N) is 1. The van der Waals surface area contributed by atoms with Crippen molar-refractivity contribution in [2.24, 2.45) is 17.8 Å². The van der Waals surface area contributed by atoms with Crippen molar-refractivity contribution in [3.63, 3.8) is 0 Å². The molecule has 2 amide bonds. The van der Waals surface area contributed by atoms with Crippen molar-refractivity contribution >= 4 is 17.4 Å². The summed E-state index contributed by atoms with van der Waals surface area (Å²) in [5, 5.41) is 10.6. The maximum atomic E-state index is 12.7. The van der Waals surface area contributed by atoms with Crippen LogP contribution < -0.4 is 10.6 Å². The number of rotatable bonds is 4. The van der Waals surface area contributed by atoms with E-state index in [0.717, 1.165) is 34.6 Å². The topological polar surface area (TPSA) is 54.0 Å². The maximum absolute atomic E-state index is 12.7. The van der Waals surface area contributed by atoms with Crippen LogP contribution in [-0.4, -0.2) is 16.6 Å². The smallest absolute Gasteiger partial charge is 0.315 e. The Hall–Kier alpha value is -1.88. The van der Waals surface area contributed by atoms with Gasteiger partial charge in [0.15, 0.2) is 0 Å². The van der Waals surface area contributed by atoms with Gasteiger partial charge in [-0.15, -0.1) is 0 Å². The third-order valence-electron chi connectivity index (χ3n) is 6.54. The first-order valence-electron chi connectivity index (χ1n) is 9.72. The van der Waals surface area contributed by atoms with Gasteiger partial charge in [0.05, 0.1) is 5.69 Å². The summed E-state index contributed by atoms with van der Waals surface area (Å²) in [4.78, 5) is 17.2. The quantitative estimate of drug-likeness (QED) is 0.831. The maximum Gasteiger partial charge on any atom is 0.315 e. The zero-order chi connectivity index (χ0) is 17.6. The monoisotopic (exact) mass is 367 g/mol. The molecule has 2 heterocycles. The molecule has 5 heteroatoms. The summed E-state index contributed by atoms with van der Waals surface area (Å²) in [5.74, 6) is 2.51. The largest absolute Gasteiger partial charge is 0.334 e. The minimum absolute atomic E-state index is 0.0212. The molecule has 0 aliphatic heterocycles. The van der Waals surface area contributed by atoms with Crippen LogP contribution in [0.4, 0.5) is 4.79 Å². The highest BCUT2D eigenvalue weighted by Gasteiger charge is 2.51. The molecule has 0 unspecified atom stereocenters. The molecule has 2 aromatic rings. The number of amides is 2. The van der Waals surface area contributed by atoms with Gasteiger partial charge in [0.25, 0.3) is 0 Å². The lowest BCUT2D eigenvalue weighted by Crippen LogP contribution is -2.61. The summed E-state index contributed by atoms with van der Waals surface area (Å²) in [7, 11) is 0. The molecular formula is C21H25N3OS. The van der Waals surface area contributed by atoms with Crippen molar-refractivity contribution in [3.8, 4) is 11.3 Å². The van der Waals surface area contributed by atoms with Crippen LogP contribution in [0, 0.1) is 17.8 Å². The highest BCUT2D eigenvalue weighted by Crippen LogP contribution is 2.55. The predicted octanol–water partition coefficient (Wildman–Crippen LogP) is 4.58. The third kappa shape index (κ3) is 3.02. The van der Waals surface area contributed by atoms with Crippen molar-refractivity contribution in [2.75, 3.05) is 0 Å². The second kappa shape index (κ2) is 6.38. The predicted molar refractivity (Wildman–Crippen MR) is 104 cm³/mol. The average Bonchev–Trinajstić information content (AvgIpc) is 3.13. The molecule has 4 fully saturated rings. The van der Waals surface area contributed by atoms with Gasteiger partial charge in [0.1, 0.15) is 0 Å². The van der Waals surface area contributed by atoms with E-state index >= 15 is 0 Å². The van der Waals surface area contributed by atoms with Crippen LogP contribution in [0.3, 0.4) is 0 Å². The molecule has 0 saturated heterocycles. The van der Waals surface area contributed by atoms with E-state index in [4.69, 9.17) is 0 Å². The minimum Gasteiger partial charge on any atom is -0.334 e. The Labute approximate surface area is 158 Å². The Kier molecular flexibility index (Phi) is 4.00. The van der Waals surface area contributed by atoms with E-state index in [1.54, 1.807) is 11.3 Å². The minimum atomic E-state index is -0.0212. The number of hydrogen-bond acceptors (Lipinski definition) is 3. The Balaban J connectivity index is 1.25. The lowest BCUT2D eigenvalue weighted by Gasteiger charge is -2.56. The van der Waals surface area contributed by atoms with E-state index in [1.165, 1.54) is 38.5 Å². The van der Waals surface area contributed by atoms with Gasteiger partial charge in [-0.25, -0.2) is 4.79 Å². The lowest BCUT2D eigenvalue weighted by molar-refractivity contribution is -0.0135. The molecule has 4 bridgehead atoms. The van der Waals surface area contributed by atoms with E-state index < -0.39 is 0 Å². The molecule has 0 aromatic carbocycles. The third-order valence-corrected chi connectivity index (χ3v) is 7.23. The normalized spacial score (nSPS) is 31.8. The molecule has 136 valence electrons. The van der Waals surface area contributed by atoms with Gasteiger partial charge < -0.3 is 10.6 Å². The zero-order valence-corrected chi connectivity index (χ0v) is 15.7. The Morgan fingerprint density at radius 3 is 2.54 bits per heavy atom. The van der Waals surface area contributed by atoms with Crippen LogP contribution in [0.5, 0.6) is 0 Å². The first-order valence-corrected chi connectivity index (χ1v) is 10.7. The van der Waals surface area contributed by atoms with Crippen LogP contribution in [0.25, 0.3) is 11.3 Å². The van der Waals surface area contributed by atoms with Crippen LogP contribution in [-0.2, 0) is 6.54 Å². The summed E-state index contributed by atoms with van der Waals surface area (Å²) in [6.07, 6.45) is 9.52. The molecule has 0 spiro atoms. The molecule has 6 rings (SSSR count). The van der Waals surface area contributed by atoms with E-state index in [9.17, 15) is 4.79 Å². The SMILES string of the molecule is O=C(NCc1cccnc1-c1ccsc1)NC12CC3CC(CC(C3)C1)C2. The summed E-state index contributed by atoms with van der Waals surface area (Å²) in [5.41, 5.74) is 3.20. The first kappa shape index (κ1) is 16.3. The summed E-state index contributed by atoms with van der Waals surface area (Å²) >= 11 is 1.66. The zero-order valence-electron chi connectivity index (χ0n) is 14.9. The van der Waals surface area contributed by atoms with Crippen LogP contribution in [0.1, 0.15) is 44.1 Å². The molecule has 26 heavy (non-hydrogen) atoms. The molecule has 4 aliphatic carbocycles. The van der Waals surface area contributed by atoms with Crippen molar-refractivity contribution in [3.05, 3.63) is 40.7 Å². The van der Waals surface area contributed by atoms with E-state index in [-0.39, 0.29) is 11.6 Å². The van der Waals surface area contributed by atoms with E-state index in [0.29, 0.717) is 6.54 Å². The fraction of sp³-hybridized carbons (Fsp3) is 0.524. The second-order valence-electron chi connectivity index (χ2n) is 8.53. The Bertz CT molecular complexity index is 766. The molecule has 4 aliphatic rings. The molecule has 2 aromatic heterocycles. The van der Waals surface area contributed by atoms with Crippen LogP contribution >= 0.6 is 11.3 Å². The summed E-state index contributed by atoms with van der Waals surface area (Å²) in [6.45, 7) is 0.511. The lowest BCUT2D eigenvalue weighted by atomic mass is 9.53. The van der Waals surface area contributed by atoms with Crippen LogP contribution in [0.15, 0.2) is 35.2 Å². The van der Waals surface area contributed by atoms with E-state index in [1.807, 2.05) is 18.3 Å². The summed E-state index contributed by atoms with van der Waals surface area (Å²) < 4.78 is 0. The van der Waals surface area contributed by atoms with Gasteiger partial charge in [-0.05, 0) is 79.4 Å². The average molecular weight is 368 g/mol. The van der Waals surface area contributed by atoms with Gasteiger partial charge >= 0.3 is 6.03 Å². The van der Waals surface area contributed by atoms with Crippen molar-refractivity contribution in [2.45, 2.75) is 50.6 Å². The van der Waals surface area contributed by atoms with Gasteiger partial charge in [-0.3, -0.25) is 4.98 Å². The summed E-state index contributed by atoms with van der Waals surface area (Å²) in [6, 6.07) is 6.04. The van der Waals surface area contributed by atoms with Gasteiger partial charge in [0, 0.05) is 29.2 Å². The Morgan fingerprint density at radius 2 is 1.88 bits per heavy atom. The Morgan fingerprint density at radius 1 is 1.15 bits per heavy atom. The van der Waals surface area contributed by atoms with Gasteiger partial charge in [-0.1, -0.05) is 6.07 Å². The number of aromatic nitrogens is 1. The van der Waals surface area contributed by atoms with Crippen molar-refractivity contribution in [1.82, 2.24) is 15.6 Å². The second-order valence-corrected chi connectivity index (χ2v) is 9.31. The van der Waals surface area contributed by atoms with Gasteiger partial charge in [-0.2, -0.15) is 11.3 Å². The molecule has 0 radical (unpaired) electrons. The number of urea groups is 1. The molecule has 4 nitrogen and oxygen atoms in total. The van der Waals surface area contributed by atoms with Crippen molar-refractivity contribution < 1.29 is 4.79 Å². The highest BCUT2D eigenvalue weighted by molar-refractivity contribution is 7.08. The highest BCUT2D eigenvalue weighted by atomic mass is 32.1. The van der Waals surface area contributed by atoms with Crippen molar-refractivity contribution in [1.29, 1.82) is 0 Å². The number of carbonyl (C=O) groups is 1. The number of carbonyl (C=O) groups excluding carboxylic acids is 1. The molecular weight excluding hydrogens is 342 g/mol. The molecule has 2 N–H and O–H groups in total. The fourth-order valence-corrected chi connectivity index (χ4v) is 6.61.